The van der Waals surface area contributed by atoms with Gasteiger partial charge in [-0.1, -0.05) is 62.8 Å². The maximum absolute atomic E-state index is 2.33. The zero-order valence-corrected chi connectivity index (χ0v) is 10.7. The van der Waals surface area contributed by atoms with Crippen LogP contribution in [0.1, 0.15) is 25.8 Å². The summed E-state index contributed by atoms with van der Waals surface area (Å²) in [5.74, 6) is 0.699. The third-order valence-electron chi connectivity index (χ3n) is 2.82. The number of hydrogen-bond donors (Lipinski definition) is 0. The van der Waals surface area contributed by atoms with Gasteiger partial charge in [0.15, 0.2) is 0 Å². The van der Waals surface area contributed by atoms with Crippen LogP contribution in [0.15, 0.2) is 42.5 Å². The van der Waals surface area contributed by atoms with Gasteiger partial charge in [0.05, 0.1) is 0 Å². The van der Waals surface area contributed by atoms with Gasteiger partial charge in [-0.15, -0.1) is 0 Å². The van der Waals surface area contributed by atoms with Gasteiger partial charge in [0.2, 0.25) is 0 Å². The summed E-state index contributed by atoms with van der Waals surface area (Å²) < 4.78 is 0. The highest BCUT2D eigenvalue weighted by Gasteiger charge is 1.97. The van der Waals surface area contributed by atoms with Gasteiger partial charge in [-0.05, 0) is 18.5 Å². The maximum atomic E-state index is 2.33. The largest absolute Gasteiger partial charge is 0.298 e. The summed E-state index contributed by atoms with van der Waals surface area (Å²) in [4.78, 5) is 2.33. The molecule has 1 unspecified atom stereocenters. The minimum atomic E-state index is 0.699. The van der Waals surface area contributed by atoms with E-state index in [-0.39, 0.29) is 0 Å². The van der Waals surface area contributed by atoms with Crippen LogP contribution in [-0.2, 0) is 6.54 Å². The number of allylic oxidation sites excluding steroid dienone is 1. The van der Waals surface area contributed by atoms with Gasteiger partial charge >= 0.3 is 0 Å². The van der Waals surface area contributed by atoms with Crippen molar-refractivity contribution in [3.63, 3.8) is 0 Å². The smallest absolute Gasteiger partial charge is 0.0233 e. The predicted octanol–water partition coefficient (Wildman–Crippen LogP) is 3.72. The van der Waals surface area contributed by atoms with Crippen LogP contribution in [0.25, 0.3) is 0 Å². The molecule has 0 N–H and O–H groups in total. The molecule has 0 aromatic heterocycles. The highest BCUT2D eigenvalue weighted by Crippen LogP contribution is 2.04. The summed E-state index contributed by atoms with van der Waals surface area (Å²) >= 11 is 0. The number of hydrogen-bond acceptors (Lipinski definition) is 1. The molecule has 0 aliphatic heterocycles. The van der Waals surface area contributed by atoms with E-state index in [0.29, 0.717) is 5.92 Å². The van der Waals surface area contributed by atoms with E-state index >= 15 is 0 Å². The molecule has 1 nitrogen and oxygen atoms in total. The zero-order valence-electron chi connectivity index (χ0n) is 10.7. The molecule has 0 spiro atoms. The quantitative estimate of drug-likeness (QED) is 0.656. The van der Waals surface area contributed by atoms with E-state index in [4.69, 9.17) is 0 Å². The van der Waals surface area contributed by atoms with Crippen LogP contribution in [0.5, 0.6) is 0 Å². The minimum absolute atomic E-state index is 0.699. The lowest BCUT2D eigenvalue weighted by atomic mass is 10.1. The Morgan fingerprint density at radius 3 is 2.56 bits per heavy atom. The van der Waals surface area contributed by atoms with Gasteiger partial charge in [-0.25, -0.2) is 0 Å². The molecule has 88 valence electrons. The molecule has 1 rings (SSSR count). The Bertz CT molecular complexity index is 302. The van der Waals surface area contributed by atoms with Crippen molar-refractivity contribution < 1.29 is 0 Å². The van der Waals surface area contributed by atoms with Crippen molar-refractivity contribution in [1.29, 1.82) is 0 Å². The van der Waals surface area contributed by atoms with E-state index < -0.39 is 0 Å². The maximum Gasteiger partial charge on any atom is 0.0233 e. The lowest BCUT2D eigenvalue weighted by molar-refractivity contribution is 0.362. The summed E-state index contributed by atoms with van der Waals surface area (Å²) in [6.45, 7) is 6.53. The topological polar surface area (TPSA) is 3.24 Å². The van der Waals surface area contributed by atoms with E-state index in [1.54, 1.807) is 0 Å². The Hall–Kier alpha value is -1.08. The number of nitrogens with zero attached hydrogens (tertiary/aromatic N) is 1. The van der Waals surface area contributed by atoms with Gasteiger partial charge in [0, 0.05) is 13.1 Å². The molecule has 0 amide bonds. The van der Waals surface area contributed by atoms with Crippen LogP contribution in [0.4, 0.5) is 0 Å². The monoisotopic (exact) mass is 217 g/mol. The minimum Gasteiger partial charge on any atom is -0.298 e. The molecular weight excluding hydrogens is 194 g/mol. The second-order valence-corrected chi connectivity index (χ2v) is 4.50. The number of benzene rings is 1. The van der Waals surface area contributed by atoms with Crippen molar-refractivity contribution in [3.8, 4) is 0 Å². The first-order valence-corrected chi connectivity index (χ1v) is 6.11. The zero-order chi connectivity index (χ0) is 11.8. The second kappa shape index (κ2) is 7.24. The molecule has 0 saturated heterocycles. The predicted molar refractivity (Wildman–Crippen MR) is 71.4 cm³/mol. The van der Waals surface area contributed by atoms with E-state index in [0.717, 1.165) is 13.1 Å². The van der Waals surface area contributed by atoms with Crippen LogP contribution in [0, 0.1) is 5.92 Å². The molecule has 0 bridgehead atoms. The number of rotatable bonds is 6. The molecule has 0 heterocycles. The number of likely N-dealkylation sites (N-methyl/N-ethyl adjacent to an activating group) is 1. The molecule has 16 heavy (non-hydrogen) atoms. The molecule has 1 heteroatoms. The SMILES string of the molecule is CCC(C)/C=C/CN(C)Cc1ccccc1. The fourth-order valence-electron chi connectivity index (χ4n) is 1.57. The van der Waals surface area contributed by atoms with Crippen LogP contribution in [0.2, 0.25) is 0 Å². The summed E-state index contributed by atoms with van der Waals surface area (Å²) in [7, 11) is 2.16. The fourth-order valence-corrected chi connectivity index (χ4v) is 1.57. The highest BCUT2D eigenvalue weighted by atomic mass is 15.1. The third-order valence-corrected chi connectivity index (χ3v) is 2.82. The molecule has 1 aromatic carbocycles. The summed E-state index contributed by atoms with van der Waals surface area (Å²) in [6.07, 6.45) is 5.80. The summed E-state index contributed by atoms with van der Waals surface area (Å²) in [6, 6.07) is 10.6. The standard InChI is InChI=1S/C15H23N/c1-4-14(2)9-8-12-16(3)13-15-10-6-5-7-11-15/h5-11,14H,4,12-13H2,1-3H3/b9-8+. The Labute approximate surface area is 99.8 Å². The highest BCUT2D eigenvalue weighted by molar-refractivity contribution is 5.14. The van der Waals surface area contributed by atoms with Gasteiger partial charge in [-0.3, -0.25) is 4.90 Å². The van der Waals surface area contributed by atoms with E-state index in [2.05, 4.69) is 68.3 Å². The Kier molecular flexibility index (Phi) is 5.87. The van der Waals surface area contributed by atoms with Gasteiger partial charge in [-0.2, -0.15) is 0 Å². The van der Waals surface area contributed by atoms with Crippen molar-refractivity contribution in [1.82, 2.24) is 4.90 Å². The van der Waals surface area contributed by atoms with Crippen molar-refractivity contribution in [2.75, 3.05) is 13.6 Å². The normalized spacial score (nSPS) is 13.5. The van der Waals surface area contributed by atoms with Crippen molar-refractivity contribution >= 4 is 0 Å². The molecule has 0 aliphatic rings. The summed E-state index contributed by atoms with van der Waals surface area (Å²) in [5.41, 5.74) is 1.38. The van der Waals surface area contributed by atoms with Crippen molar-refractivity contribution in [2.24, 2.45) is 5.92 Å². The van der Waals surface area contributed by atoms with Gasteiger partial charge < -0.3 is 0 Å². The average Bonchev–Trinajstić information content (AvgIpc) is 2.30. The molecule has 1 aromatic rings. The lowest BCUT2D eigenvalue weighted by Crippen LogP contribution is -2.17. The second-order valence-electron chi connectivity index (χ2n) is 4.50. The van der Waals surface area contributed by atoms with Crippen LogP contribution in [0.3, 0.4) is 0 Å². The average molecular weight is 217 g/mol. The Morgan fingerprint density at radius 1 is 1.25 bits per heavy atom. The van der Waals surface area contributed by atoms with E-state index in [1.807, 2.05) is 0 Å². The fraction of sp³-hybridized carbons (Fsp3) is 0.467. The first-order valence-electron chi connectivity index (χ1n) is 6.11. The molecule has 0 radical (unpaired) electrons. The Balaban J connectivity index is 2.31. The molecule has 1 atom stereocenters. The van der Waals surface area contributed by atoms with E-state index in [1.165, 1.54) is 12.0 Å². The van der Waals surface area contributed by atoms with E-state index in [9.17, 15) is 0 Å². The van der Waals surface area contributed by atoms with Crippen LogP contribution in [-0.4, -0.2) is 18.5 Å². The van der Waals surface area contributed by atoms with Crippen molar-refractivity contribution in [3.05, 3.63) is 48.0 Å². The van der Waals surface area contributed by atoms with Crippen LogP contribution >= 0.6 is 0 Å². The first kappa shape index (κ1) is 13.0. The van der Waals surface area contributed by atoms with Crippen LogP contribution < -0.4 is 0 Å². The van der Waals surface area contributed by atoms with Gasteiger partial charge in [0.25, 0.3) is 0 Å². The molecular formula is C15H23N. The first-order chi connectivity index (χ1) is 7.72. The summed E-state index contributed by atoms with van der Waals surface area (Å²) in [5, 5.41) is 0. The molecule has 0 aliphatic carbocycles. The van der Waals surface area contributed by atoms with Gasteiger partial charge in [0.1, 0.15) is 0 Å². The third kappa shape index (κ3) is 5.13. The lowest BCUT2D eigenvalue weighted by Gasteiger charge is -2.14. The Morgan fingerprint density at radius 2 is 1.94 bits per heavy atom. The molecule has 0 fully saturated rings. The molecule has 0 saturated carbocycles. The van der Waals surface area contributed by atoms with Crippen molar-refractivity contribution in [2.45, 2.75) is 26.8 Å².